The van der Waals surface area contributed by atoms with Crippen molar-refractivity contribution in [3.05, 3.63) is 91.3 Å². The summed E-state index contributed by atoms with van der Waals surface area (Å²) in [6.45, 7) is 1.92. The molecule has 0 saturated heterocycles. The zero-order valence-electron chi connectivity index (χ0n) is 17.2. The van der Waals surface area contributed by atoms with E-state index in [0.29, 0.717) is 11.1 Å². The third-order valence-electron chi connectivity index (χ3n) is 5.10. The fourth-order valence-electron chi connectivity index (χ4n) is 3.50. The van der Waals surface area contributed by atoms with E-state index in [-0.39, 0.29) is 32.7 Å². The Hall–Kier alpha value is -4.17. The van der Waals surface area contributed by atoms with Crippen LogP contribution in [0, 0.1) is 29.6 Å². The van der Waals surface area contributed by atoms with Gasteiger partial charge >= 0.3 is 0 Å². The highest BCUT2D eigenvalue weighted by Crippen LogP contribution is 2.34. The quantitative estimate of drug-likeness (QED) is 0.336. The highest BCUT2D eigenvalue weighted by Gasteiger charge is 2.23. The van der Waals surface area contributed by atoms with Crippen molar-refractivity contribution in [1.82, 2.24) is 9.66 Å². The fourth-order valence-corrected chi connectivity index (χ4v) is 3.92. The number of nitrogens with zero attached hydrogens (tertiary/aromatic N) is 5. The van der Waals surface area contributed by atoms with Gasteiger partial charge in [-0.1, -0.05) is 59.6 Å². The van der Waals surface area contributed by atoms with Gasteiger partial charge in [-0.25, -0.2) is 4.98 Å². The van der Waals surface area contributed by atoms with Crippen LogP contribution in [-0.4, -0.2) is 15.9 Å². The van der Waals surface area contributed by atoms with Crippen LogP contribution in [0.15, 0.2) is 58.4 Å². The van der Waals surface area contributed by atoms with Crippen LogP contribution in [0.1, 0.15) is 22.3 Å². The highest BCUT2D eigenvalue weighted by atomic mass is 35.5. The summed E-state index contributed by atoms with van der Waals surface area (Å²) < 4.78 is 0.800. The lowest BCUT2D eigenvalue weighted by atomic mass is 9.96. The topological polar surface area (TPSA) is 121 Å². The van der Waals surface area contributed by atoms with E-state index in [9.17, 15) is 15.3 Å². The minimum atomic E-state index is -0.791. The van der Waals surface area contributed by atoms with Gasteiger partial charge in [-0.05, 0) is 24.6 Å². The molecule has 2 heterocycles. The van der Waals surface area contributed by atoms with Crippen molar-refractivity contribution in [2.24, 2.45) is 5.10 Å². The third kappa shape index (κ3) is 3.81. The number of pyridine rings is 2. The SMILES string of the molecule is Cc1cccc2cc(/C=N/n3c(N)c(C#N)c(-c4ccccc4Cl)c(C#N)c3=O)c(Cl)nc12. The molecule has 7 nitrogen and oxygen atoms in total. The number of nitrogens with two attached hydrogens (primary N) is 1. The summed E-state index contributed by atoms with van der Waals surface area (Å²) in [5, 5.41) is 24.9. The number of hydrogen-bond donors (Lipinski definition) is 1. The number of hydrogen-bond acceptors (Lipinski definition) is 6. The number of rotatable bonds is 3. The summed E-state index contributed by atoms with van der Waals surface area (Å²) in [5.41, 5.74) is 7.54. The highest BCUT2D eigenvalue weighted by molar-refractivity contribution is 6.33. The van der Waals surface area contributed by atoms with Crippen LogP contribution in [0.3, 0.4) is 0 Å². The molecular weight excluding hydrogens is 459 g/mol. The maximum atomic E-state index is 13.1. The zero-order chi connectivity index (χ0) is 23.7. The van der Waals surface area contributed by atoms with Gasteiger partial charge < -0.3 is 5.73 Å². The molecule has 4 rings (SSSR count). The van der Waals surface area contributed by atoms with Gasteiger partial charge in [0.2, 0.25) is 0 Å². The van der Waals surface area contributed by atoms with Gasteiger partial charge in [-0.2, -0.15) is 20.3 Å². The number of nitriles is 2. The van der Waals surface area contributed by atoms with Crippen LogP contribution in [0.4, 0.5) is 5.82 Å². The molecule has 4 aromatic rings. The second-order valence-electron chi connectivity index (χ2n) is 7.09. The van der Waals surface area contributed by atoms with Gasteiger partial charge in [-0.15, -0.1) is 0 Å². The van der Waals surface area contributed by atoms with Crippen LogP contribution in [0.25, 0.3) is 22.0 Å². The van der Waals surface area contributed by atoms with Gasteiger partial charge in [0.05, 0.1) is 11.7 Å². The monoisotopic (exact) mass is 472 g/mol. The minimum absolute atomic E-state index is 0.0698. The summed E-state index contributed by atoms with van der Waals surface area (Å²) in [6, 6.07) is 17.9. The van der Waals surface area contributed by atoms with E-state index in [0.717, 1.165) is 21.1 Å². The molecule has 0 fully saturated rings. The number of fused-ring (bicyclic) bond motifs is 1. The zero-order valence-corrected chi connectivity index (χ0v) is 18.7. The Kier molecular flexibility index (Phi) is 5.85. The molecule has 0 aliphatic rings. The Balaban J connectivity index is 1.93. The van der Waals surface area contributed by atoms with Crippen molar-refractivity contribution in [3.63, 3.8) is 0 Å². The van der Waals surface area contributed by atoms with Crippen molar-refractivity contribution in [3.8, 4) is 23.3 Å². The molecule has 0 unspecified atom stereocenters. The fraction of sp³-hybridized carbons (Fsp3) is 0.0417. The van der Waals surface area contributed by atoms with Gasteiger partial charge in [-0.3, -0.25) is 4.79 Å². The van der Waals surface area contributed by atoms with Gasteiger partial charge in [0.1, 0.15) is 34.2 Å². The van der Waals surface area contributed by atoms with E-state index in [1.165, 1.54) is 6.21 Å². The molecule has 160 valence electrons. The van der Waals surface area contributed by atoms with E-state index >= 15 is 0 Å². The Morgan fingerprint density at radius 1 is 1.09 bits per heavy atom. The predicted octanol–water partition coefficient (Wildman–Crippen LogP) is 4.89. The molecule has 2 aromatic carbocycles. The van der Waals surface area contributed by atoms with E-state index in [1.54, 1.807) is 30.3 Å². The summed E-state index contributed by atoms with van der Waals surface area (Å²) in [6.07, 6.45) is 1.31. The standard InChI is InChI=1S/C24H14Cl2N6O/c1-13-5-4-6-14-9-15(22(26)31-21(13)14)12-30-32-23(29)17(10-27)20(18(11-28)24(32)33)16-7-2-3-8-19(16)25/h2-9,12H,29H2,1H3/b30-12+. The summed E-state index contributed by atoms with van der Waals surface area (Å²) >= 11 is 12.6. The average Bonchev–Trinajstić information content (AvgIpc) is 2.80. The molecule has 9 heteroatoms. The first-order chi connectivity index (χ1) is 15.9. The molecule has 0 radical (unpaired) electrons. The third-order valence-corrected chi connectivity index (χ3v) is 5.73. The first-order valence-electron chi connectivity index (χ1n) is 9.61. The molecule has 0 aliphatic heterocycles. The number of aromatic nitrogens is 2. The molecule has 2 aromatic heterocycles. The average molecular weight is 473 g/mol. The van der Waals surface area contributed by atoms with E-state index in [1.807, 2.05) is 37.3 Å². The lowest BCUT2D eigenvalue weighted by Gasteiger charge is -2.13. The van der Waals surface area contributed by atoms with Crippen LogP contribution >= 0.6 is 23.2 Å². The van der Waals surface area contributed by atoms with Crippen LogP contribution in [-0.2, 0) is 0 Å². The van der Waals surface area contributed by atoms with Crippen molar-refractivity contribution >= 4 is 46.1 Å². The predicted molar refractivity (Wildman–Crippen MR) is 129 cm³/mol. The maximum Gasteiger partial charge on any atom is 0.291 e. The second kappa shape index (κ2) is 8.76. The van der Waals surface area contributed by atoms with Gasteiger partial charge in [0.25, 0.3) is 5.56 Å². The largest absolute Gasteiger partial charge is 0.382 e. The molecule has 0 amide bonds. The number of nitrogen functional groups attached to an aromatic ring is 1. The molecule has 0 bridgehead atoms. The second-order valence-corrected chi connectivity index (χ2v) is 7.86. The van der Waals surface area contributed by atoms with Gasteiger partial charge in [0.15, 0.2) is 0 Å². The van der Waals surface area contributed by atoms with E-state index in [4.69, 9.17) is 28.9 Å². The normalized spacial score (nSPS) is 10.9. The Morgan fingerprint density at radius 2 is 1.82 bits per heavy atom. The van der Waals surface area contributed by atoms with E-state index < -0.39 is 5.56 Å². The maximum absolute atomic E-state index is 13.1. The summed E-state index contributed by atoms with van der Waals surface area (Å²) in [7, 11) is 0. The molecule has 0 saturated carbocycles. The molecule has 0 aliphatic carbocycles. The van der Waals surface area contributed by atoms with Crippen molar-refractivity contribution in [2.75, 3.05) is 5.73 Å². The molecule has 2 N–H and O–H groups in total. The van der Waals surface area contributed by atoms with Gasteiger partial charge in [0, 0.05) is 27.1 Å². The first-order valence-corrected chi connectivity index (χ1v) is 10.4. The molecular formula is C24H14Cl2N6O. The lowest BCUT2D eigenvalue weighted by Crippen LogP contribution is -2.25. The molecule has 33 heavy (non-hydrogen) atoms. The Morgan fingerprint density at radius 3 is 2.52 bits per heavy atom. The number of halogens is 2. The molecule has 0 spiro atoms. The number of aryl methyl sites for hydroxylation is 1. The summed E-state index contributed by atoms with van der Waals surface area (Å²) in [4.78, 5) is 17.5. The van der Waals surface area contributed by atoms with Crippen molar-refractivity contribution < 1.29 is 0 Å². The number of benzene rings is 2. The smallest absolute Gasteiger partial charge is 0.291 e. The first kappa shape index (κ1) is 22.0. The number of anilines is 1. The van der Waals surface area contributed by atoms with Crippen molar-refractivity contribution in [2.45, 2.75) is 6.92 Å². The lowest BCUT2D eigenvalue weighted by molar-refractivity contribution is 0.841. The van der Waals surface area contributed by atoms with E-state index in [2.05, 4.69) is 10.1 Å². The minimum Gasteiger partial charge on any atom is -0.382 e. The van der Waals surface area contributed by atoms with Crippen molar-refractivity contribution in [1.29, 1.82) is 10.5 Å². The Labute approximate surface area is 198 Å². The number of para-hydroxylation sites is 1. The van der Waals surface area contributed by atoms with Crippen LogP contribution in [0.2, 0.25) is 10.2 Å². The summed E-state index contributed by atoms with van der Waals surface area (Å²) in [5.74, 6) is -0.228. The van der Waals surface area contributed by atoms with Crippen LogP contribution < -0.4 is 11.3 Å². The van der Waals surface area contributed by atoms with Crippen LogP contribution in [0.5, 0.6) is 0 Å². The Bertz CT molecular complexity index is 1610. The molecule has 0 atom stereocenters.